The van der Waals surface area contributed by atoms with Crippen LogP contribution in [0.4, 0.5) is 5.69 Å². The van der Waals surface area contributed by atoms with Crippen molar-refractivity contribution >= 4 is 23.2 Å². The average molecular weight is 214 g/mol. The molecule has 1 heterocycles. The highest BCUT2D eigenvalue weighted by Crippen LogP contribution is 2.17. The van der Waals surface area contributed by atoms with Crippen molar-refractivity contribution in [3.05, 3.63) is 23.5 Å². The highest BCUT2D eigenvalue weighted by atomic mass is 35.5. The summed E-state index contributed by atoms with van der Waals surface area (Å²) in [4.78, 5) is 15.2. The SMILES string of the molecule is CC[C@@H](N)C(=O)Nc1cccnc1Cl. The molecule has 1 amide bonds. The second-order valence-corrected chi connectivity index (χ2v) is 3.20. The highest BCUT2D eigenvalue weighted by Gasteiger charge is 2.12. The monoisotopic (exact) mass is 213 g/mol. The molecule has 0 radical (unpaired) electrons. The summed E-state index contributed by atoms with van der Waals surface area (Å²) in [5, 5.41) is 2.87. The van der Waals surface area contributed by atoms with Crippen molar-refractivity contribution in [2.75, 3.05) is 5.32 Å². The zero-order valence-corrected chi connectivity index (χ0v) is 8.58. The largest absolute Gasteiger partial charge is 0.322 e. The molecule has 0 bridgehead atoms. The first kappa shape index (κ1) is 10.9. The van der Waals surface area contributed by atoms with E-state index in [9.17, 15) is 4.79 Å². The fourth-order valence-corrected chi connectivity index (χ4v) is 1.06. The van der Waals surface area contributed by atoms with Crippen LogP contribution in [0.1, 0.15) is 13.3 Å². The number of carbonyl (C=O) groups is 1. The Hall–Kier alpha value is -1.13. The van der Waals surface area contributed by atoms with Crippen LogP contribution in [0.5, 0.6) is 0 Å². The van der Waals surface area contributed by atoms with Crippen molar-refractivity contribution in [2.24, 2.45) is 5.73 Å². The number of hydrogen-bond acceptors (Lipinski definition) is 3. The molecule has 0 fully saturated rings. The van der Waals surface area contributed by atoms with Crippen molar-refractivity contribution < 1.29 is 4.79 Å². The number of aromatic nitrogens is 1. The number of carbonyl (C=O) groups excluding carboxylic acids is 1. The third-order valence-corrected chi connectivity index (χ3v) is 2.09. The van der Waals surface area contributed by atoms with E-state index in [0.717, 1.165) is 0 Å². The number of rotatable bonds is 3. The number of nitrogens with zero attached hydrogens (tertiary/aromatic N) is 1. The summed E-state index contributed by atoms with van der Waals surface area (Å²) in [6.07, 6.45) is 2.14. The van der Waals surface area contributed by atoms with E-state index in [1.807, 2.05) is 6.92 Å². The van der Waals surface area contributed by atoms with E-state index in [1.54, 1.807) is 18.3 Å². The molecule has 1 rings (SSSR count). The van der Waals surface area contributed by atoms with Gasteiger partial charge in [-0.1, -0.05) is 18.5 Å². The zero-order valence-electron chi connectivity index (χ0n) is 7.83. The topological polar surface area (TPSA) is 68.0 Å². The van der Waals surface area contributed by atoms with Gasteiger partial charge in [0.1, 0.15) is 0 Å². The summed E-state index contributed by atoms with van der Waals surface area (Å²) in [6, 6.07) is 2.86. The van der Waals surface area contributed by atoms with Gasteiger partial charge in [0.2, 0.25) is 5.91 Å². The molecule has 4 nitrogen and oxygen atoms in total. The van der Waals surface area contributed by atoms with Crippen molar-refractivity contribution in [3.63, 3.8) is 0 Å². The van der Waals surface area contributed by atoms with Gasteiger partial charge in [-0.05, 0) is 18.6 Å². The number of halogens is 1. The predicted octanol–water partition coefficient (Wildman–Crippen LogP) is 1.41. The first-order chi connectivity index (χ1) is 6.65. The van der Waals surface area contributed by atoms with Crippen LogP contribution >= 0.6 is 11.6 Å². The lowest BCUT2D eigenvalue weighted by atomic mass is 10.2. The minimum absolute atomic E-state index is 0.248. The second-order valence-electron chi connectivity index (χ2n) is 2.85. The van der Waals surface area contributed by atoms with E-state index in [0.29, 0.717) is 12.1 Å². The standard InChI is InChI=1S/C9H12ClN3O/c1-2-6(11)9(14)13-7-4-3-5-12-8(7)10/h3-6H,2,11H2,1H3,(H,13,14)/t6-/m1/s1. The summed E-state index contributed by atoms with van der Waals surface area (Å²) in [6.45, 7) is 1.84. The Kier molecular flexibility index (Phi) is 3.85. The normalized spacial score (nSPS) is 12.2. The number of hydrogen-bond donors (Lipinski definition) is 2. The van der Waals surface area contributed by atoms with Gasteiger partial charge >= 0.3 is 0 Å². The Morgan fingerprint density at radius 2 is 2.50 bits per heavy atom. The lowest BCUT2D eigenvalue weighted by Crippen LogP contribution is -2.34. The number of anilines is 1. The molecule has 0 aromatic carbocycles. The molecule has 76 valence electrons. The molecule has 0 aliphatic rings. The first-order valence-electron chi connectivity index (χ1n) is 4.32. The fourth-order valence-electron chi connectivity index (χ4n) is 0.890. The molecule has 0 aliphatic carbocycles. The maximum atomic E-state index is 11.4. The van der Waals surface area contributed by atoms with Gasteiger partial charge in [-0.3, -0.25) is 4.79 Å². The van der Waals surface area contributed by atoms with Crippen LogP contribution in [0, 0.1) is 0 Å². The van der Waals surface area contributed by atoms with Gasteiger partial charge in [0.25, 0.3) is 0 Å². The summed E-state index contributed by atoms with van der Waals surface area (Å²) in [5.41, 5.74) is 6.03. The Balaban J connectivity index is 2.70. The molecule has 0 unspecified atom stereocenters. The Morgan fingerprint density at radius 3 is 3.07 bits per heavy atom. The van der Waals surface area contributed by atoms with Crippen LogP contribution in [0.2, 0.25) is 5.15 Å². The summed E-state index contributed by atoms with van der Waals surface area (Å²) in [5.74, 6) is -0.248. The van der Waals surface area contributed by atoms with Gasteiger partial charge in [-0.15, -0.1) is 0 Å². The van der Waals surface area contributed by atoms with Crippen LogP contribution in [-0.4, -0.2) is 16.9 Å². The van der Waals surface area contributed by atoms with Crippen molar-refractivity contribution in [3.8, 4) is 0 Å². The quantitative estimate of drug-likeness (QED) is 0.746. The number of pyridine rings is 1. The smallest absolute Gasteiger partial charge is 0.241 e. The van der Waals surface area contributed by atoms with E-state index >= 15 is 0 Å². The minimum Gasteiger partial charge on any atom is -0.322 e. The maximum Gasteiger partial charge on any atom is 0.241 e. The van der Waals surface area contributed by atoms with Gasteiger partial charge in [0.05, 0.1) is 11.7 Å². The van der Waals surface area contributed by atoms with Gasteiger partial charge < -0.3 is 11.1 Å². The van der Waals surface area contributed by atoms with Crippen molar-refractivity contribution in [2.45, 2.75) is 19.4 Å². The van der Waals surface area contributed by atoms with Crippen LogP contribution in [-0.2, 0) is 4.79 Å². The van der Waals surface area contributed by atoms with Gasteiger partial charge in [-0.25, -0.2) is 4.98 Å². The predicted molar refractivity (Wildman–Crippen MR) is 56.1 cm³/mol. The number of amides is 1. The molecule has 3 N–H and O–H groups in total. The highest BCUT2D eigenvalue weighted by molar-refractivity contribution is 6.32. The number of nitrogens with one attached hydrogen (secondary N) is 1. The maximum absolute atomic E-state index is 11.4. The Labute approximate surface area is 87.5 Å². The first-order valence-corrected chi connectivity index (χ1v) is 4.70. The Bertz CT molecular complexity index is 330. The Morgan fingerprint density at radius 1 is 1.79 bits per heavy atom. The van der Waals surface area contributed by atoms with Gasteiger partial charge in [-0.2, -0.15) is 0 Å². The van der Waals surface area contributed by atoms with E-state index < -0.39 is 6.04 Å². The summed E-state index contributed by atoms with van der Waals surface area (Å²) in [7, 11) is 0. The average Bonchev–Trinajstić information content (AvgIpc) is 2.20. The van der Waals surface area contributed by atoms with Crippen LogP contribution < -0.4 is 11.1 Å². The van der Waals surface area contributed by atoms with E-state index in [1.165, 1.54) is 0 Å². The van der Waals surface area contributed by atoms with Crippen LogP contribution in [0.25, 0.3) is 0 Å². The minimum atomic E-state index is -0.508. The molecule has 0 spiro atoms. The molecule has 0 saturated carbocycles. The summed E-state index contributed by atoms with van der Waals surface area (Å²) >= 11 is 5.75. The lowest BCUT2D eigenvalue weighted by molar-refractivity contribution is -0.117. The van der Waals surface area contributed by atoms with Crippen molar-refractivity contribution in [1.82, 2.24) is 4.98 Å². The molecule has 14 heavy (non-hydrogen) atoms. The molecule has 5 heteroatoms. The molecular formula is C9H12ClN3O. The van der Waals surface area contributed by atoms with Gasteiger partial charge in [0.15, 0.2) is 5.15 Å². The second kappa shape index (κ2) is 4.93. The molecule has 1 aromatic rings. The zero-order chi connectivity index (χ0) is 10.6. The molecule has 0 aliphatic heterocycles. The third kappa shape index (κ3) is 2.68. The van der Waals surface area contributed by atoms with Crippen LogP contribution in [0.15, 0.2) is 18.3 Å². The fraction of sp³-hybridized carbons (Fsp3) is 0.333. The van der Waals surface area contributed by atoms with E-state index in [4.69, 9.17) is 17.3 Å². The molecule has 1 atom stereocenters. The number of nitrogens with two attached hydrogens (primary N) is 1. The molecule has 0 saturated heterocycles. The lowest BCUT2D eigenvalue weighted by Gasteiger charge is -2.10. The van der Waals surface area contributed by atoms with E-state index in [-0.39, 0.29) is 11.1 Å². The van der Waals surface area contributed by atoms with Crippen LogP contribution in [0.3, 0.4) is 0 Å². The van der Waals surface area contributed by atoms with Crippen molar-refractivity contribution in [1.29, 1.82) is 0 Å². The molecular weight excluding hydrogens is 202 g/mol. The molecule has 1 aromatic heterocycles. The third-order valence-electron chi connectivity index (χ3n) is 1.79. The van der Waals surface area contributed by atoms with E-state index in [2.05, 4.69) is 10.3 Å². The summed E-state index contributed by atoms with van der Waals surface area (Å²) < 4.78 is 0. The van der Waals surface area contributed by atoms with Gasteiger partial charge in [0, 0.05) is 6.20 Å².